The predicted molar refractivity (Wildman–Crippen MR) is 78.4 cm³/mol. The Balaban J connectivity index is 2.59. The molecular formula is C13H12BrF2O3P. The van der Waals surface area contributed by atoms with Crippen molar-refractivity contribution in [1.82, 2.24) is 0 Å². The zero-order valence-electron chi connectivity index (χ0n) is 10.5. The van der Waals surface area contributed by atoms with E-state index in [1.54, 1.807) is 12.1 Å². The standard InChI is InChI=1S/C13H12BrF2O3P/c1-6-2-7-4-8(12(17)18)11(13(15,16)5-20)19-10(7)9(14)3-6/h2-4,11H,5,20H2,1H3,(H,17,18). The first-order valence-corrected chi connectivity index (χ1v) is 7.37. The summed E-state index contributed by atoms with van der Waals surface area (Å²) in [5, 5.41) is 9.13. The number of fused-ring (bicyclic) bond motifs is 1. The third-order valence-electron chi connectivity index (χ3n) is 2.95. The van der Waals surface area contributed by atoms with Gasteiger partial charge in [-0.3, -0.25) is 0 Å². The second kappa shape index (κ2) is 5.41. The highest BCUT2D eigenvalue weighted by molar-refractivity contribution is 9.10. The van der Waals surface area contributed by atoms with Crippen LogP contribution < -0.4 is 4.74 Å². The summed E-state index contributed by atoms with van der Waals surface area (Å²) in [6.07, 6.45) is -1.14. The van der Waals surface area contributed by atoms with Crippen molar-refractivity contribution in [2.45, 2.75) is 19.0 Å². The first kappa shape index (κ1) is 15.4. The fourth-order valence-electron chi connectivity index (χ4n) is 2.01. The van der Waals surface area contributed by atoms with Crippen LogP contribution >= 0.6 is 25.2 Å². The SMILES string of the molecule is Cc1cc(Br)c2c(c1)C=C(C(=O)O)C(C(F)(F)CP)O2. The highest BCUT2D eigenvalue weighted by atomic mass is 79.9. The number of carbonyl (C=O) groups is 1. The van der Waals surface area contributed by atoms with Gasteiger partial charge in [0.2, 0.25) is 0 Å². The van der Waals surface area contributed by atoms with Gasteiger partial charge in [0.05, 0.1) is 10.0 Å². The number of ether oxygens (including phenoxy) is 1. The van der Waals surface area contributed by atoms with Gasteiger partial charge in [-0.15, -0.1) is 9.24 Å². The number of aryl methyl sites for hydroxylation is 1. The minimum Gasteiger partial charge on any atom is -0.478 e. The third kappa shape index (κ3) is 2.72. The second-order valence-corrected chi connectivity index (χ2v) is 5.80. The van der Waals surface area contributed by atoms with Crippen molar-refractivity contribution in [3.63, 3.8) is 0 Å². The summed E-state index contributed by atoms with van der Waals surface area (Å²) >= 11 is 3.25. The lowest BCUT2D eigenvalue weighted by molar-refractivity contribution is -0.136. The summed E-state index contributed by atoms with van der Waals surface area (Å²) in [7, 11) is 1.92. The molecule has 20 heavy (non-hydrogen) atoms. The maximum Gasteiger partial charge on any atom is 0.335 e. The smallest absolute Gasteiger partial charge is 0.335 e. The number of halogens is 3. The van der Waals surface area contributed by atoms with Crippen LogP contribution in [-0.4, -0.2) is 29.3 Å². The van der Waals surface area contributed by atoms with Crippen molar-refractivity contribution >= 4 is 37.2 Å². The van der Waals surface area contributed by atoms with Gasteiger partial charge in [0.25, 0.3) is 5.92 Å². The largest absolute Gasteiger partial charge is 0.478 e. The Bertz CT molecular complexity index is 602. The zero-order chi connectivity index (χ0) is 15.1. The van der Waals surface area contributed by atoms with E-state index in [0.717, 1.165) is 5.56 Å². The first-order chi connectivity index (χ1) is 9.26. The van der Waals surface area contributed by atoms with E-state index in [2.05, 4.69) is 15.9 Å². The van der Waals surface area contributed by atoms with Crippen LogP contribution in [0.3, 0.4) is 0 Å². The minimum atomic E-state index is -3.28. The Morgan fingerprint density at radius 1 is 1.55 bits per heavy atom. The van der Waals surface area contributed by atoms with Gasteiger partial charge < -0.3 is 9.84 Å². The molecule has 1 heterocycles. The van der Waals surface area contributed by atoms with Crippen LogP contribution in [0.15, 0.2) is 22.2 Å². The Kier molecular flexibility index (Phi) is 4.17. The summed E-state index contributed by atoms with van der Waals surface area (Å²) in [4.78, 5) is 11.2. The average Bonchev–Trinajstić information content (AvgIpc) is 2.37. The lowest BCUT2D eigenvalue weighted by Gasteiger charge is -2.31. The fourth-order valence-corrected chi connectivity index (χ4v) is 2.90. The van der Waals surface area contributed by atoms with Crippen LogP contribution in [0.1, 0.15) is 11.1 Å². The van der Waals surface area contributed by atoms with E-state index < -0.39 is 29.7 Å². The van der Waals surface area contributed by atoms with Gasteiger partial charge in [0.1, 0.15) is 5.75 Å². The number of hydrogen-bond donors (Lipinski definition) is 1. The van der Waals surface area contributed by atoms with Crippen LogP contribution in [0.4, 0.5) is 8.78 Å². The van der Waals surface area contributed by atoms with Gasteiger partial charge in [-0.2, -0.15) is 0 Å². The molecule has 1 aromatic rings. The predicted octanol–water partition coefficient (Wildman–Crippen LogP) is 3.50. The van der Waals surface area contributed by atoms with E-state index in [1.165, 1.54) is 6.08 Å². The summed E-state index contributed by atoms with van der Waals surface area (Å²) < 4.78 is 33.6. The molecule has 0 saturated carbocycles. The van der Waals surface area contributed by atoms with E-state index in [9.17, 15) is 13.6 Å². The maximum absolute atomic E-state index is 13.9. The molecule has 2 unspecified atom stereocenters. The molecule has 2 rings (SSSR count). The quantitative estimate of drug-likeness (QED) is 0.835. The molecule has 2 atom stereocenters. The molecule has 1 N–H and O–H groups in total. The molecule has 1 aliphatic heterocycles. The summed E-state index contributed by atoms with van der Waals surface area (Å²) in [6, 6.07) is 3.42. The molecule has 0 bridgehead atoms. The van der Waals surface area contributed by atoms with Gasteiger partial charge in [0.15, 0.2) is 6.10 Å². The lowest BCUT2D eigenvalue weighted by Crippen LogP contribution is -2.44. The van der Waals surface area contributed by atoms with Gasteiger partial charge in [-0.25, -0.2) is 13.6 Å². The van der Waals surface area contributed by atoms with E-state index in [1.807, 2.05) is 16.2 Å². The normalized spacial score (nSPS) is 18.1. The molecule has 108 valence electrons. The van der Waals surface area contributed by atoms with Crippen LogP contribution in [0, 0.1) is 6.92 Å². The van der Waals surface area contributed by atoms with Crippen LogP contribution in [0.5, 0.6) is 5.75 Å². The number of carboxylic acids is 1. The Labute approximate surface area is 125 Å². The monoisotopic (exact) mass is 364 g/mol. The average molecular weight is 365 g/mol. The van der Waals surface area contributed by atoms with Gasteiger partial charge in [-0.05, 0) is 46.6 Å². The number of benzene rings is 1. The number of carboxylic acid groups (broad SMARTS) is 1. The number of alkyl halides is 2. The van der Waals surface area contributed by atoms with E-state index >= 15 is 0 Å². The Hall–Kier alpha value is -1.00. The topological polar surface area (TPSA) is 46.5 Å². The molecule has 0 amide bonds. The van der Waals surface area contributed by atoms with Gasteiger partial charge in [-0.1, -0.05) is 0 Å². The molecule has 0 aromatic heterocycles. The zero-order valence-corrected chi connectivity index (χ0v) is 13.2. The van der Waals surface area contributed by atoms with E-state index in [4.69, 9.17) is 9.84 Å². The minimum absolute atomic E-state index is 0.240. The number of aliphatic carboxylic acids is 1. The first-order valence-electron chi connectivity index (χ1n) is 5.76. The van der Waals surface area contributed by atoms with Crippen molar-refractivity contribution in [2.24, 2.45) is 0 Å². The molecule has 1 aromatic carbocycles. The van der Waals surface area contributed by atoms with E-state index in [-0.39, 0.29) is 5.75 Å². The van der Waals surface area contributed by atoms with Crippen molar-refractivity contribution in [3.8, 4) is 5.75 Å². The molecule has 7 heteroatoms. The lowest BCUT2D eigenvalue weighted by atomic mass is 9.97. The van der Waals surface area contributed by atoms with Crippen molar-refractivity contribution in [2.75, 3.05) is 6.16 Å². The Morgan fingerprint density at radius 2 is 2.20 bits per heavy atom. The van der Waals surface area contributed by atoms with Crippen molar-refractivity contribution in [1.29, 1.82) is 0 Å². The number of hydrogen-bond acceptors (Lipinski definition) is 2. The molecular weight excluding hydrogens is 353 g/mol. The number of rotatable bonds is 3. The molecule has 3 nitrogen and oxygen atoms in total. The fraction of sp³-hybridized carbons (Fsp3) is 0.308. The summed E-state index contributed by atoms with van der Waals surface area (Å²) in [5.74, 6) is -4.45. The molecule has 0 fully saturated rings. The van der Waals surface area contributed by atoms with Gasteiger partial charge >= 0.3 is 5.97 Å². The van der Waals surface area contributed by atoms with E-state index in [0.29, 0.717) is 10.0 Å². The van der Waals surface area contributed by atoms with Crippen LogP contribution in [0.25, 0.3) is 6.08 Å². The highest BCUT2D eigenvalue weighted by Gasteiger charge is 2.46. The Morgan fingerprint density at radius 3 is 2.75 bits per heavy atom. The van der Waals surface area contributed by atoms with Gasteiger partial charge in [0, 0.05) is 11.7 Å². The highest BCUT2D eigenvalue weighted by Crippen LogP contribution is 2.41. The van der Waals surface area contributed by atoms with Crippen molar-refractivity contribution in [3.05, 3.63) is 33.3 Å². The molecule has 0 saturated heterocycles. The molecule has 0 spiro atoms. The second-order valence-electron chi connectivity index (χ2n) is 4.53. The van der Waals surface area contributed by atoms with Crippen LogP contribution in [-0.2, 0) is 4.79 Å². The molecule has 1 aliphatic rings. The van der Waals surface area contributed by atoms with Crippen molar-refractivity contribution < 1.29 is 23.4 Å². The third-order valence-corrected chi connectivity index (χ3v) is 4.08. The van der Waals surface area contributed by atoms with Crippen LogP contribution in [0.2, 0.25) is 0 Å². The summed E-state index contributed by atoms with van der Waals surface area (Å²) in [6.45, 7) is 1.82. The molecule has 0 aliphatic carbocycles. The maximum atomic E-state index is 13.9. The molecule has 0 radical (unpaired) electrons. The summed E-state index contributed by atoms with van der Waals surface area (Å²) in [5.41, 5.74) is 0.906.